The van der Waals surface area contributed by atoms with Gasteiger partial charge in [0.25, 0.3) is 0 Å². The molecule has 0 radical (unpaired) electrons. The van der Waals surface area contributed by atoms with E-state index >= 15 is 0 Å². The lowest BCUT2D eigenvalue weighted by Gasteiger charge is -1.95. The summed E-state index contributed by atoms with van der Waals surface area (Å²) in [5.74, 6) is 0.898. The molecule has 0 aliphatic carbocycles. The van der Waals surface area contributed by atoms with Gasteiger partial charge in [-0.05, 0) is 5.92 Å². The smallest absolute Gasteiger partial charge is 0.0471 e. The van der Waals surface area contributed by atoms with Gasteiger partial charge in [0, 0.05) is 0 Å². The molecule has 0 aromatic carbocycles. The SMILES string of the molecule is CCCC(C)C.P. The van der Waals surface area contributed by atoms with Gasteiger partial charge < -0.3 is 0 Å². The minimum atomic E-state index is 0. The van der Waals surface area contributed by atoms with Crippen LogP contribution in [0.3, 0.4) is 0 Å². The van der Waals surface area contributed by atoms with Gasteiger partial charge >= 0.3 is 0 Å². The maximum absolute atomic E-state index is 2.25. The Labute approximate surface area is 50.3 Å². The van der Waals surface area contributed by atoms with Crippen LogP contribution in [-0.2, 0) is 0 Å². The van der Waals surface area contributed by atoms with E-state index < -0.39 is 0 Å². The van der Waals surface area contributed by atoms with Crippen molar-refractivity contribution in [1.29, 1.82) is 0 Å². The molecule has 1 unspecified atom stereocenters. The van der Waals surface area contributed by atoms with Crippen molar-refractivity contribution in [3.63, 3.8) is 0 Å². The van der Waals surface area contributed by atoms with Crippen molar-refractivity contribution < 1.29 is 0 Å². The van der Waals surface area contributed by atoms with E-state index in [-0.39, 0.29) is 9.90 Å². The maximum Gasteiger partial charge on any atom is -0.0471 e. The number of hydrogen-bond acceptors (Lipinski definition) is 0. The van der Waals surface area contributed by atoms with Crippen molar-refractivity contribution in [3.05, 3.63) is 0 Å². The van der Waals surface area contributed by atoms with Crippen molar-refractivity contribution in [2.45, 2.75) is 33.6 Å². The van der Waals surface area contributed by atoms with Gasteiger partial charge in [0.1, 0.15) is 0 Å². The van der Waals surface area contributed by atoms with Crippen LogP contribution in [0.25, 0.3) is 0 Å². The van der Waals surface area contributed by atoms with Crippen LogP contribution in [0.5, 0.6) is 0 Å². The van der Waals surface area contributed by atoms with Gasteiger partial charge in [-0.1, -0.05) is 33.6 Å². The van der Waals surface area contributed by atoms with E-state index in [0.717, 1.165) is 5.92 Å². The second-order valence-electron chi connectivity index (χ2n) is 2.18. The maximum atomic E-state index is 2.25. The molecule has 0 nitrogen and oxygen atoms in total. The van der Waals surface area contributed by atoms with E-state index in [2.05, 4.69) is 20.8 Å². The lowest BCUT2D eigenvalue weighted by molar-refractivity contribution is 0.576. The van der Waals surface area contributed by atoms with Crippen LogP contribution in [0.2, 0.25) is 0 Å². The zero-order valence-corrected chi connectivity index (χ0v) is 7.11. The molecule has 0 aliphatic rings. The Bertz CT molecular complexity index is 25.4. The van der Waals surface area contributed by atoms with Gasteiger partial charge in [-0.3, -0.25) is 0 Å². The predicted molar refractivity (Wildman–Crippen MR) is 40.9 cm³/mol. The van der Waals surface area contributed by atoms with Crippen LogP contribution in [0, 0.1) is 5.92 Å². The van der Waals surface area contributed by atoms with Gasteiger partial charge in [0.05, 0.1) is 0 Å². The van der Waals surface area contributed by atoms with Crippen molar-refractivity contribution in [3.8, 4) is 0 Å². The molecule has 46 valence electrons. The average molecular weight is 120 g/mol. The molecule has 0 aromatic heterocycles. The van der Waals surface area contributed by atoms with E-state index in [0.29, 0.717) is 0 Å². The zero-order valence-electron chi connectivity index (χ0n) is 5.70. The third kappa shape index (κ3) is 10.7. The van der Waals surface area contributed by atoms with E-state index in [1.54, 1.807) is 0 Å². The Morgan fingerprint density at radius 2 is 1.71 bits per heavy atom. The van der Waals surface area contributed by atoms with Crippen LogP contribution in [-0.4, -0.2) is 0 Å². The molecule has 0 aromatic rings. The van der Waals surface area contributed by atoms with Gasteiger partial charge in [0.2, 0.25) is 0 Å². The van der Waals surface area contributed by atoms with E-state index in [1.807, 2.05) is 0 Å². The Hall–Kier alpha value is 0.430. The minimum Gasteiger partial charge on any atom is -0.153 e. The summed E-state index contributed by atoms with van der Waals surface area (Å²) in [4.78, 5) is 0. The Balaban J connectivity index is 0. The highest BCUT2D eigenvalue weighted by Crippen LogP contribution is 2.00. The first kappa shape index (κ1) is 10.4. The Kier molecular flexibility index (Phi) is 9.57. The van der Waals surface area contributed by atoms with Crippen LogP contribution < -0.4 is 0 Å². The summed E-state index contributed by atoms with van der Waals surface area (Å²) in [5.41, 5.74) is 0. The fourth-order valence-electron chi connectivity index (χ4n) is 0.577. The van der Waals surface area contributed by atoms with E-state index in [9.17, 15) is 0 Å². The first-order valence-corrected chi connectivity index (χ1v) is 2.77. The lowest BCUT2D eigenvalue weighted by Crippen LogP contribution is -1.81. The first-order chi connectivity index (χ1) is 2.77. The second kappa shape index (κ2) is 6.43. The van der Waals surface area contributed by atoms with Gasteiger partial charge in [-0.15, -0.1) is 0 Å². The second-order valence-corrected chi connectivity index (χ2v) is 2.18. The Morgan fingerprint density at radius 3 is 1.71 bits per heavy atom. The summed E-state index contributed by atoms with van der Waals surface area (Å²) < 4.78 is 0. The number of rotatable bonds is 2. The van der Waals surface area contributed by atoms with E-state index in [1.165, 1.54) is 12.8 Å². The molecular weight excluding hydrogens is 103 g/mol. The molecule has 7 heavy (non-hydrogen) atoms. The highest BCUT2D eigenvalue weighted by atomic mass is 31.0. The normalized spacial score (nSPS) is 8.57. The van der Waals surface area contributed by atoms with Crippen LogP contribution in [0.1, 0.15) is 33.6 Å². The summed E-state index contributed by atoms with van der Waals surface area (Å²) in [6.07, 6.45) is 2.71. The molecule has 0 spiro atoms. The zero-order chi connectivity index (χ0) is 4.99. The Morgan fingerprint density at radius 1 is 1.29 bits per heavy atom. The quantitative estimate of drug-likeness (QED) is 0.491. The highest BCUT2D eigenvalue weighted by Gasteiger charge is 1.85. The van der Waals surface area contributed by atoms with Crippen LogP contribution in [0.15, 0.2) is 0 Å². The molecule has 0 amide bonds. The summed E-state index contributed by atoms with van der Waals surface area (Å²) in [7, 11) is 0. The first-order valence-electron chi connectivity index (χ1n) is 2.77. The minimum absolute atomic E-state index is 0. The molecule has 0 rings (SSSR count). The summed E-state index contributed by atoms with van der Waals surface area (Å²) in [5, 5.41) is 0. The summed E-state index contributed by atoms with van der Waals surface area (Å²) in [6, 6.07) is 0. The molecule has 0 saturated carbocycles. The third-order valence-corrected chi connectivity index (χ3v) is 0.866. The summed E-state index contributed by atoms with van der Waals surface area (Å²) in [6.45, 7) is 6.73. The third-order valence-electron chi connectivity index (χ3n) is 0.866. The van der Waals surface area contributed by atoms with Crippen molar-refractivity contribution in [2.24, 2.45) is 5.92 Å². The van der Waals surface area contributed by atoms with Crippen molar-refractivity contribution >= 4 is 9.90 Å². The topological polar surface area (TPSA) is 0 Å². The molecule has 0 bridgehead atoms. The summed E-state index contributed by atoms with van der Waals surface area (Å²) >= 11 is 0. The van der Waals surface area contributed by atoms with Crippen LogP contribution in [0.4, 0.5) is 0 Å². The largest absolute Gasteiger partial charge is 0.153 e. The van der Waals surface area contributed by atoms with Gasteiger partial charge in [-0.25, -0.2) is 0 Å². The fraction of sp³-hybridized carbons (Fsp3) is 1.00. The van der Waals surface area contributed by atoms with Crippen molar-refractivity contribution in [2.75, 3.05) is 0 Å². The lowest BCUT2D eigenvalue weighted by atomic mass is 10.1. The molecule has 0 heterocycles. The molecule has 1 heteroatoms. The molecule has 0 fully saturated rings. The molecule has 0 N–H and O–H groups in total. The highest BCUT2D eigenvalue weighted by molar-refractivity contribution is 6.92. The number of hydrogen-bond donors (Lipinski definition) is 0. The van der Waals surface area contributed by atoms with Gasteiger partial charge in [-0.2, -0.15) is 9.90 Å². The molecular formula is C6H17P. The van der Waals surface area contributed by atoms with E-state index in [4.69, 9.17) is 0 Å². The average Bonchev–Trinajstić information content (AvgIpc) is 1.35. The van der Waals surface area contributed by atoms with Crippen molar-refractivity contribution in [1.82, 2.24) is 0 Å². The molecule has 1 atom stereocenters. The molecule has 0 saturated heterocycles. The standard InChI is InChI=1S/C6H14.H3P/c1-4-5-6(2)3;/h6H,4-5H2,1-3H3;1H3. The monoisotopic (exact) mass is 120 g/mol. The van der Waals surface area contributed by atoms with Crippen LogP contribution >= 0.6 is 9.90 Å². The fourth-order valence-corrected chi connectivity index (χ4v) is 0.577. The molecule has 0 aliphatic heterocycles. The van der Waals surface area contributed by atoms with Gasteiger partial charge in [0.15, 0.2) is 0 Å². The predicted octanol–water partition coefficient (Wildman–Crippen LogP) is 2.50.